The van der Waals surface area contributed by atoms with Crippen molar-refractivity contribution in [1.29, 1.82) is 0 Å². The molecule has 0 bridgehead atoms. The number of rotatable bonds is 6. The van der Waals surface area contributed by atoms with Crippen molar-refractivity contribution in [3.05, 3.63) is 30.3 Å². The summed E-state index contributed by atoms with van der Waals surface area (Å²) in [6, 6.07) is 10.0. The first-order valence-electron chi connectivity index (χ1n) is 5.73. The standard InChI is InChI=1S/C13H19NO2/c1-3-11(10-13(15)16-4-2)14-12-8-6-5-7-9-12/h5-9,11,14H,3-4,10H2,1-2H3/t11-/m1/s1. The lowest BCUT2D eigenvalue weighted by Gasteiger charge is -2.17. The molecule has 0 amide bonds. The summed E-state index contributed by atoms with van der Waals surface area (Å²) in [4.78, 5) is 11.3. The fourth-order valence-corrected chi connectivity index (χ4v) is 1.49. The molecule has 1 aromatic carbocycles. The summed E-state index contributed by atoms with van der Waals surface area (Å²) in [5.74, 6) is -0.141. The lowest BCUT2D eigenvalue weighted by molar-refractivity contribution is -0.143. The summed E-state index contributed by atoms with van der Waals surface area (Å²) in [6.45, 7) is 4.32. The fourth-order valence-electron chi connectivity index (χ4n) is 1.49. The van der Waals surface area contributed by atoms with Crippen LogP contribution in [0.5, 0.6) is 0 Å². The van der Waals surface area contributed by atoms with Gasteiger partial charge in [0.15, 0.2) is 0 Å². The smallest absolute Gasteiger partial charge is 0.307 e. The molecule has 1 aromatic rings. The zero-order valence-electron chi connectivity index (χ0n) is 9.90. The van der Waals surface area contributed by atoms with Gasteiger partial charge in [0.1, 0.15) is 0 Å². The number of hydrogen-bond acceptors (Lipinski definition) is 3. The van der Waals surface area contributed by atoms with E-state index in [1.165, 1.54) is 0 Å². The summed E-state index contributed by atoms with van der Waals surface area (Å²) in [5, 5.41) is 3.32. The summed E-state index contributed by atoms with van der Waals surface area (Å²) in [6.07, 6.45) is 1.31. The van der Waals surface area contributed by atoms with Gasteiger partial charge in [0.2, 0.25) is 0 Å². The molecule has 0 unspecified atom stereocenters. The van der Waals surface area contributed by atoms with E-state index in [1.807, 2.05) is 37.3 Å². The number of para-hydroxylation sites is 1. The average molecular weight is 221 g/mol. The molecule has 0 spiro atoms. The third-order valence-corrected chi connectivity index (χ3v) is 2.36. The Labute approximate surface area is 96.8 Å². The number of esters is 1. The Morgan fingerprint density at radius 2 is 2.00 bits per heavy atom. The molecule has 1 N–H and O–H groups in total. The van der Waals surface area contributed by atoms with E-state index in [9.17, 15) is 4.79 Å². The lowest BCUT2D eigenvalue weighted by atomic mass is 10.1. The zero-order valence-corrected chi connectivity index (χ0v) is 9.90. The minimum atomic E-state index is -0.141. The van der Waals surface area contributed by atoms with Crippen LogP contribution in [-0.2, 0) is 9.53 Å². The van der Waals surface area contributed by atoms with Crippen LogP contribution in [-0.4, -0.2) is 18.6 Å². The van der Waals surface area contributed by atoms with Crippen molar-refractivity contribution in [1.82, 2.24) is 0 Å². The van der Waals surface area contributed by atoms with Gasteiger partial charge in [0.05, 0.1) is 13.0 Å². The minimum Gasteiger partial charge on any atom is -0.466 e. The van der Waals surface area contributed by atoms with Crippen LogP contribution in [0.2, 0.25) is 0 Å². The van der Waals surface area contributed by atoms with Crippen LogP contribution in [0.1, 0.15) is 26.7 Å². The Morgan fingerprint density at radius 3 is 2.56 bits per heavy atom. The second-order valence-electron chi connectivity index (χ2n) is 3.62. The SMILES string of the molecule is CCOC(=O)C[C@@H](CC)Nc1ccccc1. The van der Waals surface area contributed by atoms with Gasteiger partial charge in [-0.3, -0.25) is 4.79 Å². The number of nitrogens with one attached hydrogen (secondary N) is 1. The van der Waals surface area contributed by atoms with Crippen molar-refractivity contribution >= 4 is 11.7 Å². The molecule has 0 saturated heterocycles. The Hall–Kier alpha value is -1.51. The van der Waals surface area contributed by atoms with Crippen molar-refractivity contribution < 1.29 is 9.53 Å². The van der Waals surface area contributed by atoms with Crippen molar-refractivity contribution in [2.45, 2.75) is 32.7 Å². The largest absolute Gasteiger partial charge is 0.466 e. The second kappa shape index (κ2) is 6.88. The average Bonchev–Trinajstić information content (AvgIpc) is 2.30. The van der Waals surface area contributed by atoms with Gasteiger partial charge in [-0.1, -0.05) is 25.1 Å². The maximum Gasteiger partial charge on any atom is 0.307 e. The highest BCUT2D eigenvalue weighted by Gasteiger charge is 2.12. The molecule has 3 nitrogen and oxygen atoms in total. The predicted octanol–water partition coefficient (Wildman–Crippen LogP) is 2.83. The molecule has 0 saturated carbocycles. The van der Waals surface area contributed by atoms with Gasteiger partial charge < -0.3 is 10.1 Å². The number of carbonyl (C=O) groups is 1. The fraction of sp³-hybridized carbons (Fsp3) is 0.462. The molecule has 3 heteroatoms. The van der Waals surface area contributed by atoms with Gasteiger partial charge in [-0.2, -0.15) is 0 Å². The first-order chi connectivity index (χ1) is 7.76. The maximum absolute atomic E-state index is 11.3. The second-order valence-corrected chi connectivity index (χ2v) is 3.62. The van der Waals surface area contributed by atoms with Gasteiger partial charge in [-0.15, -0.1) is 0 Å². The van der Waals surface area contributed by atoms with Crippen LogP contribution in [0.25, 0.3) is 0 Å². The summed E-state index contributed by atoms with van der Waals surface area (Å²) >= 11 is 0. The van der Waals surface area contributed by atoms with Crippen molar-refractivity contribution in [2.24, 2.45) is 0 Å². The Morgan fingerprint density at radius 1 is 1.31 bits per heavy atom. The lowest BCUT2D eigenvalue weighted by Crippen LogP contribution is -2.23. The van der Waals surface area contributed by atoms with E-state index in [0.717, 1.165) is 12.1 Å². The number of hydrogen-bond donors (Lipinski definition) is 1. The molecule has 1 rings (SSSR count). The highest BCUT2D eigenvalue weighted by molar-refractivity contribution is 5.70. The first-order valence-corrected chi connectivity index (χ1v) is 5.73. The highest BCUT2D eigenvalue weighted by atomic mass is 16.5. The van der Waals surface area contributed by atoms with Crippen molar-refractivity contribution in [3.8, 4) is 0 Å². The third kappa shape index (κ3) is 4.34. The molecule has 0 heterocycles. The number of benzene rings is 1. The molecule has 0 aliphatic carbocycles. The van der Waals surface area contributed by atoms with Gasteiger partial charge in [0, 0.05) is 11.7 Å². The Kier molecular flexibility index (Phi) is 5.40. The molecule has 88 valence electrons. The molecule has 0 fully saturated rings. The minimum absolute atomic E-state index is 0.140. The normalized spacial score (nSPS) is 11.9. The van der Waals surface area contributed by atoms with E-state index in [1.54, 1.807) is 0 Å². The van der Waals surface area contributed by atoms with Gasteiger partial charge >= 0.3 is 5.97 Å². The topological polar surface area (TPSA) is 38.3 Å². The van der Waals surface area contributed by atoms with Gasteiger partial charge in [-0.05, 0) is 25.5 Å². The van der Waals surface area contributed by atoms with Gasteiger partial charge in [0.25, 0.3) is 0 Å². The van der Waals surface area contributed by atoms with Crippen LogP contribution >= 0.6 is 0 Å². The number of ether oxygens (including phenoxy) is 1. The molecule has 1 atom stereocenters. The number of carbonyl (C=O) groups excluding carboxylic acids is 1. The highest BCUT2D eigenvalue weighted by Crippen LogP contribution is 2.11. The zero-order chi connectivity index (χ0) is 11.8. The summed E-state index contributed by atoms with van der Waals surface area (Å²) in [7, 11) is 0. The van der Waals surface area contributed by atoms with E-state index in [-0.39, 0.29) is 12.0 Å². The molecular weight excluding hydrogens is 202 g/mol. The van der Waals surface area contributed by atoms with Gasteiger partial charge in [-0.25, -0.2) is 0 Å². The van der Waals surface area contributed by atoms with E-state index in [4.69, 9.17) is 4.74 Å². The predicted molar refractivity (Wildman–Crippen MR) is 65.4 cm³/mol. The first kappa shape index (κ1) is 12.6. The summed E-state index contributed by atoms with van der Waals surface area (Å²) < 4.78 is 4.93. The quantitative estimate of drug-likeness (QED) is 0.751. The maximum atomic E-state index is 11.3. The molecule has 0 aliphatic rings. The van der Waals surface area contributed by atoms with E-state index in [2.05, 4.69) is 12.2 Å². The van der Waals surface area contributed by atoms with E-state index < -0.39 is 0 Å². The van der Waals surface area contributed by atoms with E-state index >= 15 is 0 Å². The van der Waals surface area contributed by atoms with Crippen LogP contribution in [0, 0.1) is 0 Å². The Bertz CT molecular complexity index is 311. The monoisotopic (exact) mass is 221 g/mol. The molecule has 0 aromatic heterocycles. The van der Waals surface area contributed by atoms with Crippen molar-refractivity contribution in [3.63, 3.8) is 0 Å². The van der Waals surface area contributed by atoms with Crippen LogP contribution in [0.4, 0.5) is 5.69 Å². The van der Waals surface area contributed by atoms with Crippen LogP contribution < -0.4 is 5.32 Å². The Balaban J connectivity index is 2.46. The van der Waals surface area contributed by atoms with Crippen LogP contribution in [0.15, 0.2) is 30.3 Å². The molecule has 16 heavy (non-hydrogen) atoms. The summed E-state index contributed by atoms with van der Waals surface area (Å²) in [5.41, 5.74) is 1.04. The molecular formula is C13H19NO2. The molecule has 0 aliphatic heterocycles. The molecule has 0 radical (unpaired) electrons. The van der Waals surface area contributed by atoms with Crippen molar-refractivity contribution in [2.75, 3.05) is 11.9 Å². The van der Waals surface area contributed by atoms with Crippen LogP contribution in [0.3, 0.4) is 0 Å². The third-order valence-electron chi connectivity index (χ3n) is 2.36. The van der Waals surface area contributed by atoms with E-state index in [0.29, 0.717) is 13.0 Å². The number of anilines is 1.